The zero-order valence-electron chi connectivity index (χ0n) is 15.5. The van der Waals surface area contributed by atoms with E-state index in [0.29, 0.717) is 43.7 Å². The lowest BCUT2D eigenvalue weighted by atomic mass is 10.0. The number of aromatic nitrogens is 1. The smallest absolute Gasteiger partial charge is 0.256 e. The fraction of sp³-hybridized carbons (Fsp3) is 0.400. The Morgan fingerprint density at radius 3 is 2.54 bits per heavy atom. The lowest BCUT2D eigenvalue weighted by Gasteiger charge is -2.11. The molecule has 2 rings (SSSR count). The maximum atomic E-state index is 12.3. The minimum atomic E-state index is -0.246. The van der Waals surface area contributed by atoms with E-state index < -0.39 is 0 Å². The monoisotopic (exact) mass is 358 g/mol. The maximum absolute atomic E-state index is 12.3. The Balaban J connectivity index is 1.80. The summed E-state index contributed by atoms with van der Waals surface area (Å²) in [6, 6.07) is 11.4. The molecule has 1 aromatic heterocycles. The summed E-state index contributed by atoms with van der Waals surface area (Å²) < 4.78 is 16.1. The molecule has 0 bridgehead atoms. The molecule has 6 nitrogen and oxygen atoms in total. The van der Waals surface area contributed by atoms with Crippen LogP contribution in [-0.2, 0) is 4.74 Å². The van der Waals surface area contributed by atoms with E-state index in [1.165, 1.54) is 5.56 Å². The lowest BCUT2D eigenvalue weighted by Crippen LogP contribution is -2.28. The fourth-order valence-electron chi connectivity index (χ4n) is 2.28. The van der Waals surface area contributed by atoms with Crippen LogP contribution in [0.1, 0.15) is 35.7 Å². The van der Waals surface area contributed by atoms with Gasteiger partial charge in [-0.15, -0.1) is 0 Å². The summed E-state index contributed by atoms with van der Waals surface area (Å²) in [5, 5.41) is 2.81. The number of benzene rings is 1. The average molecular weight is 358 g/mol. The van der Waals surface area contributed by atoms with Gasteiger partial charge in [-0.05, 0) is 35.7 Å². The van der Waals surface area contributed by atoms with Crippen molar-refractivity contribution in [3.8, 4) is 11.6 Å². The molecule has 1 amide bonds. The first-order chi connectivity index (χ1) is 12.6. The molecule has 2 aromatic rings. The lowest BCUT2D eigenvalue weighted by molar-refractivity contribution is 0.0937. The van der Waals surface area contributed by atoms with Gasteiger partial charge in [0.2, 0.25) is 5.88 Å². The topological polar surface area (TPSA) is 69.7 Å². The van der Waals surface area contributed by atoms with Crippen molar-refractivity contribution >= 4 is 5.91 Å². The molecular formula is C20H26N2O4. The van der Waals surface area contributed by atoms with Crippen molar-refractivity contribution in [3.05, 3.63) is 53.7 Å². The molecule has 0 aliphatic rings. The largest absolute Gasteiger partial charge is 0.492 e. The number of amides is 1. The average Bonchev–Trinajstić information content (AvgIpc) is 2.66. The van der Waals surface area contributed by atoms with E-state index >= 15 is 0 Å². The van der Waals surface area contributed by atoms with Gasteiger partial charge in [0.25, 0.3) is 5.91 Å². The van der Waals surface area contributed by atoms with E-state index in [4.69, 9.17) is 14.2 Å². The number of ether oxygens (including phenoxy) is 3. The van der Waals surface area contributed by atoms with Crippen molar-refractivity contribution in [1.29, 1.82) is 0 Å². The van der Waals surface area contributed by atoms with Gasteiger partial charge in [0.1, 0.15) is 24.5 Å². The molecule has 140 valence electrons. The van der Waals surface area contributed by atoms with E-state index in [-0.39, 0.29) is 5.91 Å². The minimum absolute atomic E-state index is 0.246. The normalized spacial score (nSPS) is 10.6. The molecule has 26 heavy (non-hydrogen) atoms. The minimum Gasteiger partial charge on any atom is -0.492 e. The summed E-state index contributed by atoms with van der Waals surface area (Å²) in [4.78, 5) is 16.4. The summed E-state index contributed by atoms with van der Waals surface area (Å²) >= 11 is 0. The number of carbonyl (C=O) groups is 1. The number of pyridine rings is 1. The van der Waals surface area contributed by atoms with Crippen molar-refractivity contribution in [1.82, 2.24) is 10.3 Å². The first-order valence-corrected chi connectivity index (χ1v) is 8.69. The maximum Gasteiger partial charge on any atom is 0.256 e. The Hall–Kier alpha value is -2.60. The fourth-order valence-corrected chi connectivity index (χ4v) is 2.28. The summed E-state index contributed by atoms with van der Waals surface area (Å²) in [5.41, 5.74) is 1.66. The van der Waals surface area contributed by atoms with Crippen LogP contribution in [0.25, 0.3) is 0 Å². The van der Waals surface area contributed by atoms with E-state index in [1.54, 1.807) is 25.4 Å². The number of methoxy groups -OCH3 is 1. The molecule has 0 spiro atoms. The van der Waals surface area contributed by atoms with Gasteiger partial charge in [-0.3, -0.25) is 4.79 Å². The highest BCUT2D eigenvalue weighted by atomic mass is 16.5. The SMILES string of the molecule is COCCOc1ncccc1C(=O)NCCOc1ccc(C(C)C)cc1. The summed E-state index contributed by atoms with van der Waals surface area (Å²) in [6.07, 6.45) is 1.59. The van der Waals surface area contributed by atoms with Gasteiger partial charge in [0, 0.05) is 13.3 Å². The third-order valence-electron chi connectivity index (χ3n) is 3.75. The highest BCUT2D eigenvalue weighted by Crippen LogP contribution is 2.18. The van der Waals surface area contributed by atoms with Gasteiger partial charge in [-0.1, -0.05) is 26.0 Å². The molecule has 0 aliphatic carbocycles. The third kappa shape index (κ3) is 6.04. The van der Waals surface area contributed by atoms with Crippen molar-refractivity contribution in [3.63, 3.8) is 0 Å². The van der Waals surface area contributed by atoms with Gasteiger partial charge in [0.05, 0.1) is 13.2 Å². The Morgan fingerprint density at radius 1 is 1.08 bits per heavy atom. The Morgan fingerprint density at radius 2 is 1.85 bits per heavy atom. The summed E-state index contributed by atoms with van der Waals surface area (Å²) in [5.74, 6) is 1.33. The number of nitrogens with one attached hydrogen (secondary N) is 1. The standard InChI is InChI=1S/C20H26N2O4/c1-15(2)16-6-8-17(9-7-16)25-12-11-21-19(23)18-5-4-10-22-20(18)26-14-13-24-3/h4-10,15H,11-14H2,1-3H3,(H,21,23). The number of rotatable bonds is 10. The van der Waals surface area contributed by atoms with Crippen LogP contribution >= 0.6 is 0 Å². The molecule has 0 aliphatic heterocycles. The molecule has 0 fully saturated rings. The van der Waals surface area contributed by atoms with E-state index in [9.17, 15) is 4.79 Å². The Labute approximate surface area is 154 Å². The van der Waals surface area contributed by atoms with Crippen LogP contribution in [0.15, 0.2) is 42.6 Å². The molecule has 0 radical (unpaired) electrons. The molecule has 1 N–H and O–H groups in total. The molecule has 1 heterocycles. The van der Waals surface area contributed by atoms with Crippen LogP contribution in [0.5, 0.6) is 11.6 Å². The van der Waals surface area contributed by atoms with Crippen LogP contribution in [0.4, 0.5) is 0 Å². The molecule has 6 heteroatoms. The quantitative estimate of drug-likeness (QED) is 0.661. The second-order valence-corrected chi connectivity index (χ2v) is 6.03. The van der Waals surface area contributed by atoms with Gasteiger partial charge >= 0.3 is 0 Å². The number of hydrogen-bond acceptors (Lipinski definition) is 5. The molecule has 0 saturated heterocycles. The Kier molecular flexibility index (Phi) is 7.89. The van der Waals surface area contributed by atoms with Gasteiger partial charge in [-0.2, -0.15) is 0 Å². The highest BCUT2D eigenvalue weighted by Gasteiger charge is 2.13. The molecular weight excluding hydrogens is 332 g/mol. The van der Waals surface area contributed by atoms with Gasteiger partial charge < -0.3 is 19.5 Å². The number of nitrogens with zero attached hydrogens (tertiary/aromatic N) is 1. The number of hydrogen-bond donors (Lipinski definition) is 1. The van der Waals surface area contributed by atoms with Crippen LogP contribution in [0.2, 0.25) is 0 Å². The predicted octanol–water partition coefficient (Wildman–Crippen LogP) is 3.04. The molecule has 0 unspecified atom stereocenters. The van der Waals surface area contributed by atoms with E-state index in [1.807, 2.05) is 12.1 Å². The number of carbonyl (C=O) groups excluding carboxylic acids is 1. The van der Waals surface area contributed by atoms with Gasteiger partial charge in [-0.25, -0.2) is 4.98 Å². The molecule has 0 saturated carbocycles. The summed E-state index contributed by atoms with van der Waals surface area (Å²) in [6.45, 7) is 5.84. The zero-order chi connectivity index (χ0) is 18.8. The van der Waals surface area contributed by atoms with Crippen molar-refractivity contribution in [2.24, 2.45) is 0 Å². The van der Waals surface area contributed by atoms with Crippen LogP contribution in [0.3, 0.4) is 0 Å². The van der Waals surface area contributed by atoms with Crippen LogP contribution in [0, 0.1) is 0 Å². The van der Waals surface area contributed by atoms with Gasteiger partial charge in [0.15, 0.2) is 0 Å². The van der Waals surface area contributed by atoms with E-state index in [0.717, 1.165) is 5.75 Å². The third-order valence-corrected chi connectivity index (χ3v) is 3.75. The van der Waals surface area contributed by atoms with Crippen LogP contribution < -0.4 is 14.8 Å². The molecule has 0 atom stereocenters. The second kappa shape index (κ2) is 10.4. The Bertz CT molecular complexity index is 686. The van der Waals surface area contributed by atoms with Crippen molar-refractivity contribution in [2.75, 3.05) is 33.5 Å². The van der Waals surface area contributed by atoms with Crippen LogP contribution in [-0.4, -0.2) is 44.4 Å². The predicted molar refractivity (Wildman–Crippen MR) is 100.0 cm³/mol. The first-order valence-electron chi connectivity index (χ1n) is 8.69. The molecule has 1 aromatic carbocycles. The van der Waals surface area contributed by atoms with Crippen molar-refractivity contribution < 1.29 is 19.0 Å². The van der Waals surface area contributed by atoms with Crippen molar-refractivity contribution in [2.45, 2.75) is 19.8 Å². The van der Waals surface area contributed by atoms with E-state index in [2.05, 4.69) is 36.3 Å². The summed E-state index contributed by atoms with van der Waals surface area (Å²) in [7, 11) is 1.59. The second-order valence-electron chi connectivity index (χ2n) is 6.03. The zero-order valence-corrected chi connectivity index (χ0v) is 15.5. The highest BCUT2D eigenvalue weighted by molar-refractivity contribution is 5.96. The first kappa shape index (κ1) is 19.7.